The van der Waals surface area contributed by atoms with Crippen molar-refractivity contribution in [2.75, 3.05) is 19.7 Å². The molecule has 1 saturated carbocycles. The molecular formula is C14H26NO5P. The summed E-state index contributed by atoms with van der Waals surface area (Å²) in [5.74, 6) is -0.0936. The topological polar surface area (TPSA) is 87.1 Å². The van der Waals surface area contributed by atoms with E-state index in [1.54, 1.807) is 4.90 Å². The molecule has 0 heterocycles. The molecule has 7 heteroatoms. The number of nitrogens with zero attached hydrogens (tertiary/aromatic N) is 1. The van der Waals surface area contributed by atoms with E-state index in [0.29, 0.717) is 44.3 Å². The normalized spacial score (nSPS) is 22.9. The Balaban J connectivity index is 2.36. The van der Waals surface area contributed by atoms with Crippen molar-refractivity contribution in [3.05, 3.63) is 12.2 Å². The summed E-state index contributed by atoms with van der Waals surface area (Å²) in [6.45, 7) is 9.06. The summed E-state index contributed by atoms with van der Waals surface area (Å²) in [4.78, 5) is 32.0. The molecule has 0 aromatic carbocycles. The minimum absolute atomic E-state index is 0.0472. The number of carbonyl (C=O) groups is 1. The minimum atomic E-state index is -3.98. The predicted molar refractivity (Wildman–Crippen MR) is 81.1 cm³/mol. The van der Waals surface area contributed by atoms with Gasteiger partial charge in [0.15, 0.2) is 0 Å². The maximum atomic E-state index is 12.0. The number of likely N-dealkylation sites (N-methyl/N-ethyl adjacent to an activating group) is 1. The second-order valence-electron chi connectivity index (χ2n) is 5.41. The van der Waals surface area contributed by atoms with Crippen molar-refractivity contribution >= 4 is 13.5 Å². The standard InChI is InChI=1S/C14H26NO5P/c1-4-15(5-2)14(16)11(3)10-20-12-6-8-13(9-7-12)21(17,18)19/h12-13H,3-10H2,1-2H3,(H2,17,18,19). The summed E-state index contributed by atoms with van der Waals surface area (Å²) < 4.78 is 16.8. The second kappa shape index (κ2) is 8.08. The zero-order valence-corrected chi connectivity index (χ0v) is 13.7. The average molecular weight is 319 g/mol. The van der Waals surface area contributed by atoms with Gasteiger partial charge < -0.3 is 19.4 Å². The molecule has 1 fully saturated rings. The maximum absolute atomic E-state index is 12.0. The molecule has 0 saturated heterocycles. The lowest BCUT2D eigenvalue weighted by molar-refractivity contribution is -0.127. The van der Waals surface area contributed by atoms with Crippen LogP contribution < -0.4 is 0 Å². The molecule has 1 amide bonds. The Morgan fingerprint density at radius 2 is 1.76 bits per heavy atom. The van der Waals surface area contributed by atoms with Crippen molar-refractivity contribution in [1.29, 1.82) is 0 Å². The van der Waals surface area contributed by atoms with Crippen LogP contribution in [0.3, 0.4) is 0 Å². The van der Waals surface area contributed by atoms with Crippen LogP contribution >= 0.6 is 7.60 Å². The van der Waals surface area contributed by atoms with Crippen LogP contribution in [0.5, 0.6) is 0 Å². The van der Waals surface area contributed by atoms with Gasteiger partial charge in [-0.3, -0.25) is 9.36 Å². The van der Waals surface area contributed by atoms with Gasteiger partial charge >= 0.3 is 7.60 Å². The Kier molecular flexibility index (Phi) is 7.07. The Morgan fingerprint density at radius 3 is 2.19 bits per heavy atom. The fourth-order valence-corrected chi connectivity index (χ4v) is 3.53. The molecule has 122 valence electrons. The molecule has 0 spiro atoms. The van der Waals surface area contributed by atoms with Crippen LogP contribution in [0, 0.1) is 0 Å². The third kappa shape index (κ3) is 5.55. The molecule has 0 radical (unpaired) electrons. The lowest BCUT2D eigenvalue weighted by Crippen LogP contribution is -2.33. The Morgan fingerprint density at radius 1 is 1.24 bits per heavy atom. The van der Waals surface area contributed by atoms with Crippen LogP contribution in [0.25, 0.3) is 0 Å². The fraction of sp³-hybridized carbons (Fsp3) is 0.786. The summed E-state index contributed by atoms with van der Waals surface area (Å²) in [5, 5.41) is 0. The Bertz CT molecular complexity index is 408. The first kappa shape index (κ1) is 18.4. The monoisotopic (exact) mass is 319 g/mol. The molecular weight excluding hydrogens is 293 g/mol. The van der Waals surface area contributed by atoms with Crippen molar-refractivity contribution in [2.24, 2.45) is 0 Å². The van der Waals surface area contributed by atoms with Gasteiger partial charge in [0.25, 0.3) is 5.91 Å². The van der Waals surface area contributed by atoms with E-state index in [1.807, 2.05) is 13.8 Å². The quantitative estimate of drug-likeness (QED) is 0.553. The minimum Gasteiger partial charge on any atom is -0.373 e. The molecule has 1 rings (SSSR count). The zero-order valence-electron chi connectivity index (χ0n) is 12.8. The second-order valence-corrected chi connectivity index (χ2v) is 7.32. The number of hydrogen-bond donors (Lipinski definition) is 2. The van der Waals surface area contributed by atoms with Gasteiger partial charge in [0.2, 0.25) is 0 Å². The van der Waals surface area contributed by atoms with E-state index in [4.69, 9.17) is 14.5 Å². The van der Waals surface area contributed by atoms with Gasteiger partial charge in [-0.1, -0.05) is 6.58 Å². The third-order valence-electron chi connectivity index (χ3n) is 3.97. The van der Waals surface area contributed by atoms with Gasteiger partial charge in [-0.2, -0.15) is 0 Å². The number of hydrogen-bond acceptors (Lipinski definition) is 3. The first-order chi connectivity index (χ1) is 9.79. The molecule has 0 aliphatic heterocycles. The van der Waals surface area contributed by atoms with Crippen LogP contribution in [0.2, 0.25) is 0 Å². The predicted octanol–water partition coefficient (Wildman–Crippen LogP) is 1.92. The molecule has 2 N–H and O–H groups in total. The lowest BCUT2D eigenvalue weighted by atomic mass is 9.97. The van der Waals surface area contributed by atoms with Crippen molar-refractivity contribution in [2.45, 2.75) is 51.3 Å². The van der Waals surface area contributed by atoms with Gasteiger partial charge in [-0.05, 0) is 39.5 Å². The van der Waals surface area contributed by atoms with Crippen LogP contribution in [-0.2, 0) is 14.1 Å². The Labute approximate surface area is 126 Å². The van der Waals surface area contributed by atoms with Gasteiger partial charge in [0.05, 0.1) is 18.4 Å². The van der Waals surface area contributed by atoms with E-state index < -0.39 is 13.3 Å². The zero-order chi connectivity index (χ0) is 16.0. The summed E-state index contributed by atoms with van der Waals surface area (Å²) in [5.41, 5.74) is -0.117. The molecule has 0 aromatic heterocycles. The van der Waals surface area contributed by atoms with Crippen molar-refractivity contribution in [3.63, 3.8) is 0 Å². The van der Waals surface area contributed by atoms with Gasteiger partial charge in [0, 0.05) is 18.7 Å². The summed E-state index contributed by atoms with van der Waals surface area (Å²) >= 11 is 0. The van der Waals surface area contributed by atoms with Crippen molar-refractivity contribution in [1.82, 2.24) is 4.90 Å². The lowest BCUT2D eigenvalue weighted by Gasteiger charge is -2.29. The van der Waals surface area contributed by atoms with Gasteiger partial charge in [0.1, 0.15) is 0 Å². The first-order valence-electron chi connectivity index (χ1n) is 7.43. The summed E-state index contributed by atoms with van der Waals surface area (Å²) in [7, 11) is -3.98. The highest BCUT2D eigenvalue weighted by Gasteiger charge is 2.33. The fourth-order valence-electron chi connectivity index (χ4n) is 2.56. The maximum Gasteiger partial charge on any atom is 0.328 e. The molecule has 0 aromatic rings. The van der Waals surface area contributed by atoms with Gasteiger partial charge in [-0.15, -0.1) is 0 Å². The number of rotatable bonds is 7. The highest BCUT2D eigenvalue weighted by Crippen LogP contribution is 2.48. The molecule has 0 unspecified atom stereocenters. The number of ether oxygens (including phenoxy) is 1. The van der Waals surface area contributed by atoms with E-state index in [9.17, 15) is 9.36 Å². The summed E-state index contributed by atoms with van der Waals surface area (Å²) in [6.07, 6.45) is 2.11. The largest absolute Gasteiger partial charge is 0.373 e. The van der Waals surface area contributed by atoms with E-state index in [1.165, 1.54) is 0 Å². The molecule has 1 aliphatic rings. The van der Waals surface area contributed by atoms with Crippen LogP contribution in [0.1, 0.15) is 39.5 Å². The van der Waals surface area contributed by atoms with E-state index in [0.717, 1.165) is 0 Å². The van der Waals surface area contributed by atoms with E-state index in [-0.39, 0.29) is 18.6 Å². The number of carbonyl (C=O) groups excluding carboxylic acids is 1. The van der Waals surface area contributed by atoms with Crippen LogP contribution in [0.15, 0.2) is 12.2 Å². The van der Waals surface area contributed by atoms with Crippen molar-refractivity contribution < 1.29 is 23.9 Å². The highest BCUT2D eigenvalue weighted by atomic mass is 31.2. The number of amides is 1. The molecule has 0 atom stereocenters. The molecule has 6 nitrogen and oxygen atoms in total. The first-order valence-corrected chi connectivity index (χ1v) is 9.11. The van der Waals surface area contributed by atoms with Crippen LogP contribution in [-0.4, -0.2) is 52.1 Å². The molecule has 21 heavy (non-hydrogen) atoms. The smallest absolute Gasteiger partial charge is 0.328 e. The highest BCUT2D eigenvalue weighted by molar-refractivity contribution is 7.52. The average Bonchev–Trinajstić information content (AvgIpc) is 2.45. The summed E-state index contributed by atoms with van der Waals surface area (Å²) in [6, 6.07) is 0. The molecule has 0 bridgehead atoms. The third-order valence-corrected chi connectivity index (χ3v) is 5.43. The molecule has 1 aliphatic carbocycles. The van der Waals surface area contributed by atoms with Gasteiger partial charge in [-0.25, -0.2) is 0 Å². The van der Waals surface area contributed by atoms with E-state index in [2.05, 4.69) is 6.58 Å². The van der Waals surface area contributed by atoms with Crippen LogP contribution in [0.4, 0.5) is 0 Å². The Hall–Kier alpha value is -0.680. The van der Waals surface area contributed by atoms with Crippen molar-refractivity contribution in [3.8, 4) is 0 Å². The SMILES string of the molecule is C=C(COC1CCC(P(=O)(O)O)CC1)C(=O)N(CC)CC. The van der Waals surface area contributed by atoms with E-state index >= 15 is 0 Å².